The van der Waals surface area contributed by atoms with Crippen LogP contribution < -0.4 is 10.6 Å². The van der Waals surface area contributed by atoms with E-state index in [0.29, 0.717) is 6.54 Å². The first-order chi connectivity index (χ1) is 9.28. The van der Waals surface area contributed by atoms with Gasteiger partial charge in [0.1, 0.15) is 0 Å². The van der Waals surface area contributed by atoms with Crippen LogP contribution in [-0.4, -0.2) is 31.7 Å². The van der Waals surface area contributed by atoms with Gasteiger partial charge >= 0.3 is 0 Å². The minimum absolute atomic E-state index is 0.00810. The molecule has 0 aliphatic carbocycles. The predicted octanol–water partition coefficient (Wildman–Crippen LogP) is 1.96. The van der Waals surface area contributed by atoms with Gasteiger partial charge in [0.2, 0.25) is 5.91 Å². The number of carbonyl (C=O) groups excluding carboxylic acids is 1. The molecule has 0 spiro atoms. The van der Waals surface area contributed by atoms with Gasteiger partial charge in [-0.3, -0.25) is 4.79 Å². The fraction of sp³-hybridized carbons (Fsp3) is 0.533. The molecule has 1 aromatic carbocycles. The van der Waals surface area contributed by atoms with Crippen LogP contribution in [0.5, 0.6) is 0 Å². The summed E-state index contributed by atoms with van der Waals surface area (Å²) in [5.74, 6) is -0.00810. The minimum atomic E-state index is -0.00810. The summed E-state index contributed by atoms with van der Waals surface area (Å²) >= 11 is 0. The van der Waals surface area contributed by atoms with Crippen molar-refractivity contribution >= 4 is 11.6 Å². The highest BCUT2D eigenvalue weighted by Crippen LogP contribution is 2.11. The smallest absolute Gasteiger partial charge is 0.238 e. The van der Waals surface area contributed by atoms with Crippen LogP contribution in [0.25, 0.3) is 0 Å². The van der Waals surface area contributed by atoms with Crippen molar-refractivity contribution in [1.82, 2.24) is 5.32 Å². The Balaban J connectivity index is 1.70. The van der Waals surface area contributed by atoms with Crippen molar-refractivity contribution in [2.75, 3.05) is 25.0 Å². The lowest BCUT2D eigenvalue weighted by atomic mass is 10.1. The first-order valence-corrected chi connectivity index (χ1v) is 6.99. The van der Waals surface area contributed by atoms with Gasteiger partial charge < -0.3 is 15.4 Å². The van der Waals surface area contributed by atoms with Crippen LogP contribution in [0.1, 0.15) is 25.3 Å². The fourth-order valence-corrected chi connectivity index (χ4v) is 2.23. The standard InChI is InChI=1S/C15H22N2O2/c1-2-12-5-3-6-13(9-12)17-15(18)11-16-10-14-7-4-8-19-14/h3,5-6,9,14,16H,2,4,7-8,10-11H2,1H3,(H,17,18). The highest BCUT2D eigenvalue weighted by atomic mass is 16.5. The lowest BCUT2D eigenvalue weighted by molar-refractivity contribution is -0.115. The first kappa shape index (κ1) is 14.0. The Hall–Kier alpha value is -1.39. The van der Waals surface area contributed by atoms with Gasteiger partial charge in [-0.15, -0.1) is 0 Å². The SMILES string of the molecule is CCc1cccc(NC(=O)CNCC2CCCO2)c1. The van der Waals surface area contributed by atoms with Gasteiger partial charge in [-0.2, -0.15) is 0 Å². The highest BCUT2D eigenvalue weighted by molar-refractivity contribution is 5.92. The molecule has 1 amide bonds. The number of anilines is 1. The molecule has 104 valence electrons. The zero-order valence-corrected chi connectivity index (χ0v) is 11.4. The van der Waals surface area contributed by atoms with Crippen molar-refractivity contribution in [3.8, 4) is 0 Å². The van der Waals surface area contributed by atoms with Gasteiger partial charge in [-0.25, -0.2) is 0 Å². The van der Waals surface area contributed by atoms with E-state index in [1.165, 1.54) is 5.56 Å². The second-order valence-electron chi connectivity index (χ2n) is 4.87. The van der Waals surface area contributed by atoms with Gasteiger partial charge in [0.25, 0.3) is 0 Å². The van der Waals surface area contributed by atoms with Crippen LogP contribution in [0.3, 0.4) is 0 Å². The summed E-state index contributed by atoms with van der Waals surface area (Å²) < 4.78 is 5.49. The van der Waals surface area contributed by atoms with Crippen molar-refractivity contribution in [3.05, 3.63) is 29.8 Å². The van der Waals surface area contributed by atoms with E-state index >= 15 is 0 Å². The number of ether oxygens (including phenoxy) is 1. The van der Waals surface area contributed by atoms with Crippen LogP contribution in [0.4, 0.5) is 5.69 Å². The Labute approximate surface area is 114 Å². The number of aryl methyl sites for hydroxylation is 1. The maximum Gasteiger partial charge on any atom is 0.238 e. The monoisotopic (exact) mass is 262 g/mol. The summed E-state index contributed by atoms with van der Waals surface area (Å²) in [6.45, 7) is 4.03. The molecule has 0 saturated carbocycles. The van der Waals surface area contributed by atoms with E-state index in [-0.39, 0.29) is 12.0 Å². The van der Waals surface area contributed by atoms with E-state index in [9.17, 15) is 4.79 Å². The van der Waals surface area contributed by atoms with E-state index in [0.717, 1.165) is 38.1 Å². The zero-order chi connectivity index (χ0) is 13.5. The van der Waals surface area contributed by atoms with Crippen LogP contribution in [0.2, 0.25) is 0 Å². The quantitative estimate of drug-likeness (QED) is 0.824. The highest BCUT2D eigenvalue weighted by Gasteiger charge is 2.15. The van der Waals surface area contributed by atoms with Crippen LogP contribution in [0, 0.1) is 0 Å². The van der Waals surface area contributed by atoms with Crippen molar-refractivity contribution < 1.29 is 9.53 Å². The van der Waals surface area contributed by atoms with Crippen molar-refractivity contribution in [2.24, 2.45) is 0 Å². The van der Waals surface area contributed by atoms with Crippen LogP contribution in [0.15, 0.2) is 24.3 Å². The average Bonchev–Trinajstić information content (AvgIpc) is 2.92. The van der Waals surface area contributed by atoms with Crippen molar-refractivity contribution in [3.63, 3.8) is 0 Å². The Bertz CT molecular complexity index is 414. The molecule has 0 radical (unpaired) electrons. The first-order valence-electron chi connectivity index (χ1n) is 6.99. The van der Waals surface area contributed by atoms with E-state index in [4.69, 9.17) is 4.74 Å². The molecule has 19 heavy (non-hydrogen) atoms. The number of carbonyl (C=O) groups is 1. The van der Waals surface area contributed by atoms with E-state index in [1.807, 2.05) is 18.2 Å². The number of rotatable bonds is 6. The molecular weight excluding hydrogens is 240 g/mol. The van der Waals surface area contributed by atoms with E-state index in [1.54, 1.807) is 0 Å². The molecule has 0 bridgehead atoms. The summed E-state index contributed by atoms with van der Waals surface area (Å²) in [4.78, 5) is 11.8. The molecule has 4 heteroatoms. The zero-order valence-electron chi connectivity index (χ0n) is 11.4. The molecule has 1 unspecified atom stereocenters. The number of nitrogens with one attached hydrogen (secondary N) is 2. The van der Waals surface area contributed by atoms with Gasteiger partial charge in [-0.05, 0) is 37.0 Å². The molecule has 1 aliphatic rings. The molecule has 4 nitrogen and oxygen atoms in total. The normalized spacial score (nSPS) is 18.5. The van der Waals surface area contributed by atoms with Crippen molar-refractivity contribution in [2.45, 2.75) is 32.3 Å². The molecule has 1 saturated heterocycles. The largest absolute Gasteiger partial charge is 0.377 e. The number of benzene rings is 1. The average molecular weight is 262 g/mol. The minimum Gasteiger partial charge on any atom is -0.377 e. The van der Waals surface area contributed by atoms with Crippen molar-refractivity contribution in [1.29, 1.82) is 0 Å². The van der Waals surface area contributed by atoms with Gasteiger partial charge in [0.05, 0.1) is 12.6 Å². The summed E-state index contributed by atoms with van der Waals surface area (Å²) in [5, 5.41) is 6.04. The molecule has 1 fully saturated rings. The number of hydrogen-bond acceptors (Lipinski definition) is 3. The Morgan fingerprint density at radius 2 is 2.37 bits per heavy atom. The topological polar surface area (TPSA) is 50.4 Å². The second kappa shape index (κ2) is 7.26. The third kappa shape index (κ3) is 4.65. The number of hydrogen-bond donors (Lipinski definition) is 2. The van der Waals surface area contributed by atoms with Gasteiger partial charge in [-0.1, -0.05) is 19.1 Å². The van der Waals surface area contributed by atoms with Gasteiger partial charge in [0, 0.05) is 18.8 Å². The Morgan fingerprint density at radius 1 is 1.47 bits per heavy atom. The molecule has 1 aromatic rings. The Morgan fingerprint density at radius 3 is 3.11 bits per heavy atom. The summed E-state index contributed by atoms with van der Waals surface area (Å²) in [5.41, 5.74) is 2.09. The maximum absolute atomic E-state index is 11.8. The third-order valence-corrected chi connectivity index (χ3v) is 3.30. The molecule has 1 atom stereocenters. The van der Waals surface area contributed by atoms with Gasteiger partial charge in [0.15, 0.2) is 0 Å². The second-order valence-corrected chi connectivity index (χ2v) is 4.87. The van der Waals surface area contributed by atoms with E-state index < -0.39 is 0 Å². The third-order valence-electron chi connectivity index (χ3n) is 3.30. The molecule has 2 rings (SSSR count). The van der Waals surface area contributed by atoms with Crippen LogP contribution >= 0.6 is 0 Å². The van der Waals surface area contributed by atoms with Crippen LogP contribution in [-0.2, 0) is 16.0 Å². The molecular formula is C15H22N2O2. The molecule has 1 aliphatic heterocycles. The molecule has 0 aromatic heterocycles. The lowest BCUT2D eigenvalue weighted by Crippen LogP contribution is -2.33. The lowest BCUT2D eigenvalue weighted by Gasteiger charge is -2.11. The Kier molecular flexibility index (Phi) is 5.36. The summed E-state index contributed by atoms with van der Waals surface area (Å²) in [6, 6.07) is 7.95. The molecule has 1 heterocycles. The predicted molar refractivity (Wildman–Crippen MR) is 76.3 cm³/mol. The van der Waals surface area contributed by atoms with E-state index in [2.05, 4.69) is 23.6 Å². The maximum atomic E-state index is 11.8. The molecule has 2 N–H and O–H groups in total. The summed E-state index contributed by atoms with van der Waals surface area (Å²) in [6.07, 6.45) is 3.47. The number of amides is 1. The fourth-order valence-electron chi connectivity index (χ4n) is 2.23. The summed E-state index contributed by atoms with van der Waals surface area (Å²) in [7, 11) is 0.